The molecule has 0 aliphatic rings. The van der Waals surface area contributed by atoms with E-state index in [0.29, 0.717) is 5.56 Å². The number of hydrogen-bond acceptors (Lipinski definition) is 2. The second-order valence-corrected chi connectivity index (χ2v) is 3.02. The van der Waals surface area contributed by atoms with E-state index in [4.69, 9.17) is 0 Å². The molecule has 70 valence electrons. The normalized spacial score (nSPS) is 9.77. The van der Waals surface area contributed by atoms with Crippen molar-refractivity contribution in [2.45, 2.75) is 13.8 Å². The molecule has 0 spiro atoms. The van der Waals surface area contributed by atoms with Crippen LogP contribution in [-0.2, 0) is 0 Å². The van der Waals surface area contributed by atoms with Crippen LogP contribution in [0.25, 0.3) is 0 Å². The number of amides is 1. The Morgan fingerprint density at radius 3 is 2.54 bits per heavy atom. The average molecular weight is 178 g/mol. The van der Waals surface area contributed by atoms with Gasteiger partial charge in [0.05, 0.1) is 0 Å². The molecule has 0 saturated carbocycles. The zero-order valence-corrected chi connectivity index (χ0v) is 8.14. The molecule has 0 bridgehead atoms. The number of rotatable bonds is 2. The summed E-state index contributed by atoms with van der Waals surface area (Å²) in [6, 6.07) is 5.75. The molecule has 3 heteroatoms. The summed E-state index contributed by atoms with van der Waals surface area (Å²) in [4.78, 5) is 11.4. The molecule has 0 radical (unpaired) electrons. The number of nitrogens with one attached hydrogen (secondary N) is 2. The zero-order valence-electron chi connectivity index (χ0n) is 8.14. The fourth-order valence-corrected chi connectivity index (χ4v) is 1.25. The van der Waals surface area contributed by atoms with Crippen molar-refractivity contribution in [1.82, 2.24) is 10.9 Å². The molecular formula is C10H14N2O. The highest BCUT2D eigenvalue weighted by Gasteiger charge is 2.06. The fraction of sp³-hybridized carbons (Fsp3) is 0.300. The average Bonchev–Trinajstić information content (AvgIpc) is 2.04. The van der Waals surface area contributed by atoms with Gasteiger partial charge < -0.3 is 0 Å². The Morgan fingerprint density at radius 2 is 2.00 bits per heavy atom. The van der Waals surface area contributed by atoms with Gasteiger partial charge in [-0.3, -0.25) is 10.2 Å². The molecule has 0 unspecified atom stereocenters. The van der Waals surface area contributed by atoms with Crippen molar-refractivity contribution < 1.29 is 4.79 Å². The Hall–Kier alpha value is -1.35. The van der Waals surface area contributed by atoms with Crippen LogP contribution in [0.4, 0.5) is 0 Å². The zero-order chi connectivity index (χ0) is 9.84. The summed E-state index contributed by atoms with van der Waals surface area (Å²) in [5, 5.41) is 0. The van der Waals surface area contributed by atoms with E-state index in [1.54, 1.807) is 7.05 Å². The Bertz CT molecular complexity index is 321. The molecular weight excluding hydrogens is 164 g/mol. The Labute approximate surface area is 78.1 Å². The minimum atomic E-state index is -0.0972. The predicted octanol–water partition coefficient (Wildman–Crippen LogP) is 1.17. The first-order valence-electron chi connectivity index (χ1n) is 4.19. The van der Waals surface area contributed by atoms with E-state index in [9.17, 15) is 4.79 Å². The molecule has 0 heterocycles. The van der Waals surface area contributed by atoms with Crippen molar-refractivity contribution in [3.05, 3.63) is 34.9 Å². The highest BCUT2D eigenvalue weighted by atomic mass is 16.2. The lowest BCUT2D eigenvalue weighted by Crippen LogP contribution is -2.34. The largest absolute Gasteiger partial charge is 0.288 e. The van der Waals surface area contributed by atoms with Gasteiger partial charge in [-0.1, -0.05) is 17.7 Å². The molecule has 0 aliphatic heterocycles. The van der Waals surface area contributed by atoms with E-state index >= 15 is 0 Å². The number of hydrazine groups is 1. The maximum absolute atomic E-state index is 11.4. The smallest absolute Gasteiger partial charge is 0.265 e. The monoisotopic (exact) mass is 178 g/mol. The second-order valence-electron chi connectivity index (χ2n) is 3.02. The van der Waals surface area contributed by atoms with Gasteiger partial charge in [0.15, 0.2) is 0 Å². The Balaban J connectivity index is 2.95. The number of carbonyl (C=O) groups is 1. The summed E-state index contributed by atoms with van der Waals surface area (Å²) in [6.45, 7) is 3.93. The van der Waals surface area contributed by atoms with Crippen molar-refractivity contribution in [2.24, 2.45) is 0 Å². The van der Waals surface area contributed by atoms with Gasteiger partial charge in [0.25, 0.3) is 5.91 Å². The quantitative estimate of drug-likeness (QED) is 0.667. The lowest BCUT2D eigenvalue weighted by atomic mass is 10.1. The van der Waals surface area contributed by atoms with Crippen LogP contribution in [-0.4, -0.2) is 13.0 Å². The molecule has 2 N–H and O–H groups in total. The van der Waals surface area contributed by atoms with Crippen LogP contribution < -0.4 is 10.9 Å². The van der Waals surface area contributed by atoms with Gasteiger partial charge in [-0.2, -0.15) is 0 Å². The third-order valence-electron chi connectivity index (χ3n) is 1.87. The molecule has 1 amide bonds. The topological polar surface area (TPSA) is 41.1 Å². The van der Waals surface area contributed by atoms with Crippen LogP contribution in [0.2, 0.25) is 0 Å². The van der Waals surface area contributed by atoms with Gasteiger partial charge in [0, 0.05) is 12.6 Å². The van der Waals surface area contributed by atoms with Crippen LogP contribution in [0.1, 0.15) is 21.5 Å². The predicted molar refractivity (Wildman–Crippen MR) is 52.4 cm³/mol. The Morgan fingerprint density at radius 1 is 1.31 bits per heavy atom. The van der Waals surface area contributed by atoms with E-state index < -0.39 is 0 Å². The van der Waals surface area contributed by atoms with E-state index in [-0.39, 0.29) is 5.91 Å². The van der Waals surface area contributed by atoms with Crippen molar-refractivity contribution in [3.63, 3.8) is 0 Å². The summed E-state index contributed by atoms with van der Waals surface area (Å²) < 4.78 is 0. The molecule has 0 fully saturated rings. The number of carbonyl (C=O) groups excluding carboxylic acids is 1. The van der Waals surface area contributed by atoms with Crippen molar-refractivity contribution in [1.29, 1.82) is 0 Å². The molecule has 1 rings (SSSR count). The van der Waals surface area contributed by atoms with Gasteiger partial charge in [-0.05, 0) is 25.5 Å². The molecule has 0 aliphatic carbocycles. The van der Waals surface area contributed by atoms with Gasteiger partial charge in [-0.25, -0.2) is 5.43 Å². The van der Waals surface area contributed by atoms with Crippen LogP contribution in [0.15, 0.2) is 18.2 Å². The SMILES string of the molecule is CNNC(=O)c1ccc(C)cc1C. The second kappa shape index (κ2) is 4.05. The van der Waals surface area contributed by atoms with Crippen LogP contribution in [0, 0.1) is 13.8 Å². The summed E-state index contributed by atoms with van der Waals surface area (Å²) >= 11 is 0. The van der Waals surface area contributed by atoms with Crippen molar-refractivity contribution in [2.75, 3.05) is 7.05 Å². The van der Waals surface area contributed by atoms with Crippen LogP contribution in [0.3, 0.4) is 0 Å². The molecule has 1 aromatic rings. The molecule has 13 heavy (non-hydrogen) atoms. The molecule has 0 aromatic heterocycles. The van der Waals surface area contributed by atoms with Gasteiger partial charge >= 0.3 is 0 Å². The summed E-state index contributed by atoms with van der Waals surface area (Å²) in [5.74, 6) is -0.0972. The lowest BCUT2D eigenvalue weighted by molar-refractivity contribution is 0.0937. The maximum Gasteiger partial charge on any atom is 0.265 e. The highest BCUT2D eigenvalue weighted by molar-refractivity contribution is 5.95. The van der Waals surface area contributed by atoms with Crippen molar-refractivity contribution >= 4 is 5.91 Å². The van der Waals surface area contributed by atoms with Crippen LogP contribution >= 0.6 is 0 Å². The van der Waals surface area contributed by atoms with E-state index in [2.05, 4.69) is 10.9 Å². The van der Waals surface area contributed by atoms with E-state index in [1.165, 1.54) is 5.56 Å². The van der Waals surface area contributed by atoms with E-state index in [0.717, 1.165) is 5.56 Å². The third-order valence-corrected chi connectivity index (χ3v) is 1.87. The standard InChI is InChI=1S/C10H14N2O/c1-7-4-5-9(8(2)6-7)10(13)12-11-3/h4-6,11H,1-3H3,(H,12,13). The number of aryl methyl sites for hydroxylation is 2. The number of benzene rings is 1. The Kier molecular flexibility index (Phi) is 3.03. The first-order chi connectivity index (χ1) is 6.15. The minimum absolute atomic E-state index is 0.0972. The molecule has 0 saturated heterocycles. The molecule has 1 aromatic carbocycles. The van der Waals surface area contributed by atoms with E-state index in [1.807, 2.05) is 32.0 Å². The third kappa shape index (κ3) is 2.29. The summed E-state index contributed by atoms with van der Waals surface area (Å²) in [6.07, 6.45) is 0. The molecule has 0 atom stereocenters. The van der Waals surface area contributed by atoms with Gasteiger partial charge in [0.1, 0.15) is 0 Å². The summed E-state index contributed by atoms with van der Waals surface area (Å²) in [5.41, 5.74) is 8.01. The maximum atomic E-state index is 11.4. The first-order valence-corrected chi connectivity index (χ1v) is 4.19. The fourth-order valence-electron chi connectivity index (χ4n) is 1.25. The highest BCUT2D eigenvalue weighted by Crippen LogP contribution is 2.09. The summed E-state index contributed by atoms with van der Waals surface area (Å²) in [7, 11) is 1.67. The van der Waals surface area contributed by atoms with Gasteiger partial charge in [0.2, 0.25) is 0 Å². The van der Waals surface area contributed by atoms with Crippen LogP contribution in [0.5, 0.6) is 0 Å². The number of hydrogen-bond donors (Lipinski definition) is 2. The first kappa shape index (κ1) is 9.74. The minimum Gasteiger partial charge on any atom is -0.288 e. The van der Waals surface area contributed by atoms with Gasteiger partial charge in [-0.15, -0.1) is 0 Å². The lowest BCUT2D eigenvalue weighted by Gasteiger charge is -2.06. The molecule has 3 nitrogen and oxygen atoms in total. The van der Waals surface area contributed by atoms with Crippen molar-refractivity contribution in [3.8, 4) is 0 Å².